The first-order chi connectivity index (χ1) is 15.1. The van der Waals surface area contributed by atoms with Crippen LogP contribution in [0.4, 0.5) is 5.69 Å². The Morgan fingerprint density at radius 1 is 1.06 bits per heavy atom. The van der Waals surface area contributed by atoms with Crippen LogP contribution in [0.25, 0.3) is 22.2 Å². The Balaban J connectivity index is 1.70. The second kappa shape index (κ2) is 9.22. The molecule has 2 heterocycles. The van der Waals surface area contributed by atoms with E-state index in [1.807, 2.05) is 85.4 Å². The van der Waals surface area contributed by atoms with E-state index in [1.54, 1.807) is 4.57 Å². The molecule has 0 aliphatic heterocycles. The largest absolute Gasteiger partial charge is 0.344 e. The Hall–Kier alpha value is -3.32. The SMILES string of the molecule is CCCn1c(SCC(=O)Nc2ccccc2)nc2c(-c3ccccc3)cn(C)c2c1=O. The molecule has 0 saturated heterocycles. The normalized spacial score (nSPS) is 11.0. The molecule has 4 rings (SSSR count). The van der Waals surface area contributed by atoms with E-state index in [4.69, 9.17) is 4.98 Å². The van der Waals surface area contributed by atoms with Crippen molar-refractivity contribution in [3.8, 4) is 11.1 Å². The Bertz CT molecular complexity index is 1260. The number of rotatable bonds is 7. The van der Waals surface area contributed by atoms with Crippen LogP contribution in [-0.2, 0) is 18.4 Å². The lowest BCUT2D eigenvalue weighted by Gasteiger charge is -2.12. The van der Waals surface area contributed by atoms with Crippen LogP contribution in [0.5, 0.6) is 0 Å². The lowest BCUT2D eigenvalue weighted by molar-refractivity contribution is -0.113. The fraction of sp³-hybridized carbons (Fsp3) is 0.208. The third-order valence-electron chi connectivity index (χ3n) is 4.96. The van der Waals surface area contributed by atoms with Gasteiger partial charge in [0.2, 0.25) is 5.91 Å². The van der Waals surface area contributed by atoms with Gasteiger partial charge < -0.3 is 9.88 Å². The molecule has 1 amide bonds. The van der Waals surface area contributed by atoms with E-state index in [9.17, 15) is 9.59 Å². The van der Waals surface area contributed by atoms with E-state index in [0.717, 1.165) is 23.2 Å². The summed E-state index contributed by atoms with van der Waals surface area (Å²) in [6.07, 6.45) is 2.74. The molecule has 0 aliphatic rings. The predicted octanol–water partition coefficient (Wildman–Crippen LogP) is 4.54. The van der Waals surface area contributed by atoms with Crippen LogP contribution in [0.3, 0.4) is 0 Å². The van der Waals surface area contributed by atoms with E-state index < -0.39 is 0 Å². The second-order valence-corrected chi connectivity index (χ2v) is 8.21. The second-order valence-electron chi connectivity index (χ2n) is 7.27. The minimum absolute atomic E-state index is 0.0810. The molecule has 31 heavy (non-hydrogen) atoms. The molecule has 158 valence electrons. The number of aromatic nitrogens is 3. The summed E-state index contributed by atoms with van der Waals surface area (Å²) >= 11 is 1.29. The van der Waals surface area contributed by atoms with Crippen molar-refractivity contribution in [3.05, 3.63) is 77.2 Å². The lowest BCUT2D eigenvalue weighted by Crippen LogP contribution is -2.25. The fourth-order valence-corrected chi connectivity index (χ4v) is 4.38. The molecule has 2 aromatic carbocycles. The first-order valence-electron chi connectivity index (χ1n) is 10.2. The molecule has 0 atom stereocenters. The molecule has 0 spiro atoms. The maximum absolute atomic E-state index is 13.3. The lowest BCUT2D eigenvalue weighted by atomic mass is 10.1. The Labute approximate surface area is 184 Å². The van der Waals surface area contributed by atoms with Gasteiger partial charge in [0, 0.05) is 31.0 Å². The number of hydrogen-bond acceptors (Lipinski definition) is 4. The number of hydrogen-bond donors (Lipinski definition) is 1. The maximum atomic E-state index is 13.3. The average Bonchev–Trinajstić information content (AvgIpc) is 3.12. The topological polar surface area (TPSA) is 68.9 Å². The van der Waals surface area contributed by atoms with Crippen LogP contribution in [0, 0.1) is 0 Å². The number of anilines is 1. The van der Waals surface area contributed by atoms with Crippen LogP contribution in [0.15, 0.2) is 76.8 Å². The van der Waals surface area contributed by atoms with E-state index in [1.165, 1.54) is 11.8 Å². The van der Waals surface area contributed by atoms with Crippen LogP contribution >= 0.6 is 11.8 Å². The third-order valence-corrected chi connectivity index (χ3v) is 5.94. The molecule has 0 fully saturated rings. The number of amides is 1. The summed E-state index contributed by atoms with van der Waals surface area (Å²) in [5.41, 5.74) is 3.82. The highest BCUT2D eigenvalue weighted by Crippen LogP contribution is 2.29. The van der Waals surface area contributed by atoms with Gasteiger partial charge in [-0.1, -0.05) is 67.2 Å². The molecule has 2 aromatic heterocycles. The molecule has 0 aliphatic carbocycles. The highest BCUT2D eigenvalue weighted by molar-refractivity contribution is 7.99. The summed E-state index contributed by atoms with van der Waals surface area (Å²) in [6, 6.07) is 19.2. The minimum Gasteiger partial charge on any atom is -0.344 e. The quantitative estimate of drug-likeness (QED) is 0.344. The molecular formula is C24H24N4O2S. The van der Waals surface area contributed by atoms with E-state index >= 15 is 0 Å². The number of thioether (sulfide) groups is 1. The standard InChI is InChI=1S/C24H24N4O2S/c1-3-14-28-23(30)22-21(19(15-27(22)2)17-10-6-4-7-11-17)26-24(28)31-16-20(29)25-18-12-8-5-9-13-18/h4-13,15H,3,14,16H2,1-2H3,(H,25,29). The van der Waals surface area contributed by atoms with Gasteiger partial charge in [0.15, 0.2) is 5.16 Å². The summed E-state index contributed by atoms with van der Waals surface area (Å²) < 4.78 is 3.52. The molecule has 0 saturated carbocycles. The first-order valence-corrected chi connectivity index (χ1v) is 11.2. The maximum Gasteiger partial charge on any atom is 0.278 e. The number of fused-ring (bicyclic) bond motifs is 1. The van der Waals surface area contributed by atoms with Gasteiger partial charge in [0.05, 0.1) is 5.75 Å². The van der Waals surface area contributed by atoms with Crippen molar-refractivity contribution < 1.29 is 4.79 Å². The van der Waals surface area contributed by atoms with Gasteiger partial charge in [-0.3, -0.25) is 14.2 Å². The van der Waals surface area contributed by atoms with Crippen LogP contribution < -0.4 is 10.9 Å². The zero-order chi connectivity index (χ0) is 21.8. The smallest absolute Gasteiger partial charge is 0.278 e. The predicted molar refractivity (Wildman–Crippen MR) is 126 cm³/mol. The molecule has 4 aromatic rings. The molecule has 0 unspecified atom stereocenters. The van der Waals surface area contributed by atoms with Crippen molar-refractivity contribution in [2.45, 2.75) is 25.0 Å². The van der Waals surface area contributed by atoms with Gasteiger partial charge in [-0.05, 0) is 24.1 Å². The van der Waals surface area contributed by atoms with Crippen molar-refractivity contribution >= 4 is 34.4 Å². The van der Waals surface area contributed by atoms with Gasteiger partial charge >= 0.3 is 0 Å². The third kappa shape index (κ3) is 4.41. The highest BCUT2D eigenvalue weighted by atomic mass is 32.2. The van der Waals surface area contributed by atoms with Crippen molar-refractivity contribution in [1.82, 2.24) is 14.1 Å². The van der Waals surface area contributed by atoms with Crippen LogP contribution in [-0.4, -0.2) is 25.8 Å². The van der Waals surface area contributed by atoms with Gasteiger partial charge in [-0.25, -0.2) is 4.98 Å². The summed E-state index contributed by atoms with van der Waals surface area (Å²) in [4.78, 5) is 30.6. The van der Waals surface area contributed by atoms with Crippen molar-refractivity contribution in [3.63, 3.8) is 0 Å². The van der Waals surface area contributed by atoms with Crippen LogP contribution in [0.2, 0.25) is 0 Å². The number of para-hydroxylation sites is 1. The van der Waals surface area contributed by atoms with E-state index in [2.05, 4.69) is 5.32 Å². The summed E-state index contributed by atoms with van der Waals surface area (Å²) in [5.74, 6) is 0.0364. The van der Waals surface area contributed by atoms with Gasteiger partial charge in [0.1, 0.15) is 11.0 Å². The number of aryl methyl sites for hydroxylation is 1. The molecule has 6 nitrogen and oxygen atoms in total. The van der Waals surface area contributed by atoms with Gasteiger partial charge in [-0.15, -0.1) is 0 Å². The monoisotopic (exact) mass is 432 g/mol. The molecular weight excluding hydrogens is 408 g/mol. The average molecular weight is 433 g/mol. The number of carbonyl (C=O) groups excluding carboxylic acids is 1. The van der Waals surface area contributed by atoms with Gasteiger partial charge in [0.25, 0.3) is 5.56 Å². The fourth-order valence-electron chi connectivity index (χ4n) is 3.56. The minimum atomic E-state index is -0.134. The van der Waals surface area contributed by atoms with E-state index in [-0.39, 0.29) is 17.2 Å². The summed E-state index contributed by atoms with van der Waals surface area (Å²) in [5, 5.41) is 3.44. The Morgan fingerprint density at radius 2 is 1.74 bits per heavy atom. The molecule has 7 heteroatoms. The summed E-state index contributed by atoms with van der Waals surface area (Å²) in [7, 11) is 1.87. The molecule has 0 radical (unpaired) electrons. The number of carbonyl (C=O) groups is 1. The highest BCUT2D eigenvalue weighted by Gasteiger charge is 2.19. The number of benzene rings is 2. The zero-order valence-corrected chi connectivity index (χ0v) is 18.4. The zero-order valence-electron chi connectivity index (χ0n) is 17.5. The van der Waals surface area contributed by atoms with Crippen LogP contribution in [0.1, 0.15) is 13.3 Å². The van der Waals surface area contributed by atoms with E-state index in [0.29, 0.717) is 22.7 Å². The first kappa shape index (κ1) is 20.9. The molecule has 0 bridgehead atoms. The number of nitrogens with zero attached hydrogens (tertiary/aromatic N) is 3. The van der Waals surface area contributed by atoms with Crippen molar-refractivity contribution in [2.24, 2.45) is 7.05 Å². The molecule has 1 N–H and O–H groups in total. The Morgan fingerprint density at radius 3 is 2.42 bits per heavy atom. The van der Waals surface area contributed by atoms with Crippen molar-refractivity contribution in [2.75, 3.05) is 11.1 Å². The number of nitrogens with one attached hydrogen (secondary N) is 1. The summed E-state index contributed by atoms with van der Waals surface area (Å²) in [6.45, 7) is 2.57. The van der Waals surface area contributed by atoms with Gasteiger partial charge in [-0.2, -0.15) is 0 Å². The Kier molecular flexibility index (Phi) is 6.23. The van der Waals surface area contributed by atoms with Crippen molar-refractivity contribution in [1.29, 1.82) is 0 Å².